The summed E-state index contributed by atoms with van der Waals surface area (Å²) in [5.74, 6) is -0.968. The molecule has 3 rings (SSSR count). The van der Waals surface area contributed by atoms with Crippen LogP contribution in [0.1, 0.15) is 10.4 Å². The van der Waals surface area contributed by atoms with Gasteiger partial charge in [-0.2, -0.15) is 5.10 Å². The third-order valence-corrected chi connectivity index (χ3v) is 6.23. The van der Waals surface area contributed by atoms with E-state index in [2.05, 4.69) is 10.4 Å². The summed E-state index contributed by atoms with van der Waals surface area (Å²) >= 11 is 0. The molecule has 30 heavy (non-hydrogen) atoms. The first-order chi connectivity index (χ1) is 14.1. The molecule has 0 bridgehead atoms. The first-order valence-corrected chi connectivity index (χ1v) is 10.4. The molecule has 0 saturated carbocycles. The number of halogens is 1. The molecule has 0 aliphatic rings. The molecule has 8 nitrogen and oxygen atoms in total. The fourth-order valence-corrected chi connectivity index (χ4v) is 3.71. The minimum absolute atomic E-state index is 0.0513. The summed E-state index contributed by atoms with van der Waals surface area (Å²) < 4.78 is 41.3. The lowest BCUT2D eigenvalue weighted by Gasteiger charge is -2.20. The summed E-state index contributed by atoms with van der Waals surface area (Å²) in [6, 6.07) is 10.6. The molecule has 0 saturated heterocycles. The molecule has 0 unspecified atom stereocenters. The van der Waals surface area contributed by atoms with Gasteiger partial charge in [0.1, 0.15) is 11.5 Å². The van der Waals surface area contributed by atoms with Gasteiger partial charge in [0.15, 0.2) is 0 Å². The quantitative estimate of drug-likeness (QED) is 0.648. The highest BCUT2D eigenvalue weighted by Crippen LogP contribution is 2.29. The molecule has 1 amide bonds. The number of anilines is 2. The van der Waals surface area contributed by atoms with Crippen LogP contribution in [-0.2, 0) is 10.0 Å². The van der Waals surface area contributed by atoms with Gasteiger partial charge in [-0.3, -0.25) is 4.79 Å². The van der Waals surface area contributed by atoms with Crippen molar-refractivity contribution in [3.05, 3.63) is 66.2 Å². The van der Waals surface area contributed by atoms with E-state index in [1.54, 1.807) is 43.3 Å². The first-order valence-electron chi connectivity index (χ1n) is 8.96. The number of carbonyl (C=O) groups excluding carboxylic acids is 1. The molecule has 158 valence electrons. The molecule has 0 atom stereocenters. The predicted octanol–water partition coefficient (Wildman–Crippen LogP) is 2.58. The summed E-state index contributed by atoms with van der Waals surface area (Å²) in [7, 11) is 2.75. The van der Waals surface area contributed by atoms with E-state index >= 15 is 0 Å². The second-order valence-corrected chi connectivity index (χ2v) is 9.09. The topological polar surface area (TPSA) is 87.5 Å². The van der Waals surface area contributed by atoms with E-state index in [1.165, 1.54) is 49.4 Å². The van der Waals surface area contributed by atoms with Crippen molar-refractivity contribution >= 4 is 27.3 Å². The smallest absolute Gasteiger partial charge is 0.258 e. The molecule has 0 aliphatic heterocycles. The Morgan fingerprint density at radius 3 is 2.43 bits per heavy atom. The van der Waals surface area contributed by atoms with Crippen molar-refractivity contribution in [1.82, 2.24) is 14.1 Å². The Bertz CT molecular complexity index is 1190. The van der Waals surface area contributed by atoms with E-state index in [4.69, 9.17) is 0 Å². The van der Waals surface area contributed by atoms with Crippen LogP contribution in [-0.4, -0.2) is 56.6 Å². The maximum absolute atomic E-state index is 14.0. The Balaban J connectivity index is 1.94. The first kappa shape index (κ1) is 21.5. The van der Waals surface area contributed by atoms with Crippen molar-refractivity contribution < 1.29 is 17.6 Å². The van der Waals surface area contributed by atoms with Crippen LogP contribution in [0.5, 0.6) is 0 Å². The zero-order valence-corrected chi connectivity index (χ0v) is 17.8. The summed E-state index contributed by atoms with van der Waals surface area (Å²) in [5.41, 5.74) is 1.36. The molecule has 0 radical (unpaired) electrons. The Kier molecular flexibility index (Phi) is 5.90. The van der Waals surface area contributed by atoms with E-state index < -0.39 is 21.7 Å². The van der Waals surface area contributed by atoms with Crippen LogP contribution in [0, 0.1) is 5.82 Å². The SMILES string of the molecule is CN(C)c1ccc(S(=O)(=O)N(C)C)cc1NC(=O)c1cnn(-c2ccccc2F)c1. The van der Waals surface area contributed by atoms with Crippen LogP contribution in [0.15, 0.2) is 59.8 Å². The molecular weight excluding hydrogens is 409 g/mol. The number of para-hydroxylation sites is 1. The van der Waals surface area contributed by atoms with Gasteiger partial charge in [0.25, 0.3) is 5.91 Å². The highest BCUT2D eigenvalue weighted by molar-refractivity contribution is 7.89. The van der Waals surface area contributed by atoms with Gasteiger partial charge >= 0.3 is 0 Å². The number of amides is 1. The monoisotopic (exact) mass is 431 g/mol. The molecule has 0 spiro atoms. The Labute approximate surface area is 174 Å². The van der Waals surface area contributed by atoms with Gasteiger partial charge in [0, 0.05) is 34.4 Å². The van der Waals surface area contributed by atoms with Crippen LogP contribution in [0.25, 0.3) is 5.69 Å². The lowest BCUT2D eigenvalue weighted by atomic mass is 10.2. The van der Waals surface area contributed by atoms with Gasteiger partial charge in [-0.05, 0) is 30.3 Å². The van der Waals surface area contributed by atoms with Crippen molar-refractivity contribution in [2.75, 3.05) is 38.4 Å². The second kappa shape index (κ2) is 8.25. The molecule has 1 aromatic heterocycles. The number of nitrogens with one attached hydrogen (secondary N) is 1. The largest absolute Gasteiger partial charge is 0.376 e. The molecule has 1 N–H and O–H groups in total. The molecule has 0 aliphatic carbocycles. The minimum Gasteiger partial charge on any atom is -0.376 e. The lowest BCUT2D eigenvalue weighted by molar-refractivity contribution is 0.102. The standard InChI is InChI=1S/C20H22FN5O3S/c1-24(2)19-10-9-15(30(28,29)25(3)4)11-17(19)23-20(27)14-12-22-26(13-14)18-8-6-5-7-16(18)21/h5-13H,1-4H3,(H,23,27). The third kappa shape index (κ3) is 4.19. The Morgan fingerprint density at radius 1 is 1.10 bits per heavy atom. The number of sulfonamides is 1. The number of hydrogen-bond donors (Lipinski definition) is 1. The van der Waals surface area contributed by atoms with Crippen LogP contribution >= 0.6 is 0 Å². The van der Waals surface area contributed by atoms with Crippen LogP contribution < -0.4 is 10.2 Å². The molecular formula is C20H22FN5O3S. The van der Waals surface area contributed by atoms with Crippen molar-refractivity contribution in [1.29, 1.82) is 0 Å². The Hall–Kier alpha value is -3.24. The van der Waals surface area contributed by atoms with Crippen molar-refractivity contribution in [3.63, 3.8) is 0 Å². The van der Waals surface area contributed by atoms with Crippen LogP contribution in [0.2, 0.25) is 0 Å². The van der Waals surface area contributed by atoms with Gasteiger partial charge < -0.3 is 10.2 Å². The van der Waals surface area contributed by atoms with Gasteiger partial charge in [0.2, 0.25) is 10.0 Å². The highest BCUT2D eigenvalue weighted by Gasteiger charge is 2.21. The molecule has 2 aromatic carbocycles. The van der Waals surface area contributed by atoms with Gasteiger partial charge in [-0.15, -0.1) is 0 Å². The van der Waals surface area contributed by atoms with E-state index in [0.717, 1.165) is 4.31 Å². The molecule has 3 aromatic rings. The summed E-state index contributed by atoms with van der Waals surface area (Å²) in [5, 5.41) is 6.78. The van der Waals surface area contributed by atoms with Crippen LogP contribution in [0.3, 0.4) is 0 Å². The maximum atomic E-state index is 14.0. The van der Waals surface area contributed by atoms with E-state index in [1.807, 2.05) is 0 Å². The van der Waals surface area contributed by atoms with Gasteiger partial charge in [-0.25, -0.2) is 21.8 Å². The van der Waals surface area contributed by atoms with Crippen molar-refractivity contribution in [2.24, 2.45) is 0 Å². The zero-order chi connectivity index (χ0) is 22.1. The number of nitrogens with zero attached hydrogens (tertiary/aromatic N) is 4. The number of carbonyl (C=O) groups is 1. The van der Waals surface area contributed by atoms with Gasteiger partial charge in [-0.1, -0.05) is 12.1 Å². The average molecular weight is 431 g/mol. The van der Waals surface area contributed by atoms with Crippen LogP contribution in [0.4, 0.5) is 15.8 Å². The number of benzene rings is 2. The molecule has 1 heterocycles. The predicted molar refractivity (Wildman–Crippen MR) is 113 cm³/mol. The number of rotatable bonds is 6. The van der Waals surface area contributed by atoms with E-state index in [-0.39, 0.29) is 16.1 Å². The fraction of sp³-hybridized carbons (Fsp3) is 0.200. The van der Waals surface area contributed by atoms with Crippen molar-refractivity contribution in [3.8, 4) is 5.69 Å². The Morgan fingerprint density at radius 2 is 1.80 bits per heavy atom. The second-order valence-electron chi connectivity index (χ2n) is 6.94. The fourth-order valence-electron chi connectivity index (χ4n) is 2.78. The molecule has 10 heteroatoms. The minimum atomic E-state index is -3.67. The number of aromatic nitrogens is 2. The third-order valence-electron chi connectivity index (χ3n) is 4.42. The highest BCUT2D eigenvalue weighted by atomic mass is 32.2. The summed E-state index contributed by atoms with van der Waals surface area (Å²) in [6.45, 7) is 0. The normalized spacial score (nSPS) is 11.5. The lowest BCUT2D eigenvalue weighted by Crippen LogP contribution is -2.23. The van der Waals surface area contributed by atoms with E-state index in [9.17, 15) is 17.6 Å². The van der Waals surface area contributed by atoms with E-state index in [0.29, 0.717) is 11.4 Å². The summed E-state index contributed by atoms with van der Waals surface area (Å²) in [4.78, 5) is 14.6. The molecule has 0 fully saturated rings. The average Bonchev–Trinajstić information content (AvgIpc) is 3.18. The zero-order valence-electron chi connectivity index (χ0n) is 17.0. The maximum Gasteiger partial charge on any atom is 0.258 e. The number of hydrogen-bond acceptors (Lipinski definition) is 5. The van der Waals surface area contributed by atoms with Gasteiger partial charge in [0.05, 0.1) is 28.0 Å². The van der Waals surface area contributed by atoms with Crippen molar-refractivity contribution in [2.45, 2.75) is 4.90 Å². The summed E-state index contributed by atoms with van der Waals surface area (Å²) in [6.07, 6.45) is 2.72.